The molecule has 1 N–H and O–H groups in total. The van der Waals surface area contributed by atoms with E-state index in [-0.39, 0.29) is 11.1 Å². The van der Waals surface area contributed by atoms with E-state index in [2.05, 4.69) is 22.3 Å². The maximum Gasteiger partial charge on any atom is 0.321 e. The van der Waals surface area contributed by atoms with Gasteiger partial charge >= 0.3 is 6.03 Å². The van der Waals surface area contributed by atoms with Crippen LogP contribution in [0.15, 0.2) is 72.8 Å². The summed E-state index contributed by atoms with van der Waals surface area (Å²) in [6.07, 6.45) is 0.703. The van der Waals surface area contributed by atoms with Gasteiger partial charge in [0, 0.05) is 60.1 Å². The third-order valence-corrected chi connectivity index (χ3v) is 7.10. The lowest BCUT2D eigenvalue weighted by Crippen LogP contribution is -2.50. The average Bonchev–Trinajstić information content (AvgIpc) is 2.93. The molecule has 0 atom stereocenters. The highest BCUT2D eigenvalue weighted by Gasteiger charge is 2.25. The first-order valence-corrected chi connectivity index (χ1v) is 13.1. The SMILES string of the molecule is Cc1nc(-c2ccc(Cl)cc2)nc(N2CCN(C(=O)Nc3ccc(F)c(Cl)c3)CC2)c1Cc1ccccc1. The van der Waals surface area contributed by atoms with Crippen molar-refractivity contribution in [1.29, 1.82) is 0 Å². The van der Waals surface area contributed by atoms with Gasteiger partial charge in [-0.3, -0.25) is 0 Å². The Balaban J connectivity index is 1.38. The minimum atomic E-state index is -0.525. The van der Waals surface area contributed by atoms with Gasteiger partial charge < -0.3 is 15.1 Å². The molecule has 0 spiro atoms. The summed E-state index contributed by atoms with van der Waals surface area (Å²) in [7, 11) is 0. The van der Waals surface area contributed by atoms with Crippen molar-refractivity contribution in [2.75, 3.05) is 36.4 Å². The van der Waals surface area contributed by atoms with Crippen LogP contribution >= 0.6 is 23.2 Å². The lowest BCUT2D eigenvalue weighted by Gasteiger charge is -2.36. The fourth-order valence-corrected chi connectivity index (χ4v) is 4.78. The van der Waals surface area contributed by atoms with Gasteiger partial charge in [0.05, 0.1) is 5.02 Å². The van der Waals surface area contributed by atoms with Crippen LogP contribution < -0.4 is 10.2 Å². The predicted octanol–water partition coefficient (Wildman–Crippen LogP) is 6.84. The molecule has 0 radical (unpaired) electrons. The van der Waals surface area contributed by atoms with Crippen LogP contribution in [-0.4, -0.2) is 47.1 Å². The Morgan fingerprint density at radius 3 is 2.34 bits per heavy atom. The van der Waals surface area contributed by atoms with E-state index in [1.165, 1.54) is 23.8 Å². The molecule has 1 saturated heterocycles. The van der Waals surface area contributed by atoms with E-state index < -0.39 is 5.82 Å². The minimum absolute atomic E-state index is 0.0332. The monoisotopic (exact) mass is 549 g/mol. The van der Waals surface area contributed by atoms with Crippen molar-refractivity contribution in [3.63, 3.8) is 0 Å². The van der Waals surface area contributed by atoms with Crippen LogP contribution in [0.3, 0.4) is 0 Å². The van der Waals surface area contributed by atoms with E-state index in [1.807, 2.05) is 49.4 Å². The number of aryl methyl sites for hydroxylation is 1. The summed E-state index contributed by atoms with van der Waals surface area (Å²) in [4.78, 5) is 26.7. The number of urea groups is 1. The fraction of sp³-hybridized carbons (Fsp3) is 0.207. The largest absolute Gasteiger partial charge is 0.353 e. The van der Waals surface area contributed by atoms with Gasteiger partial charge in [-0.2, -0.15) is 0 Å². The van der Waals surface area contributed by atoms with Crippen LogP contribution in [0.25, 0.3) is 11.4 Å². The number of piperazine rings is 1. The Morgan fingerprint density at radius 1 is 0.947 bits per heavy atom. The van der Waals surface area contributed by atoms with Gasteiger partial charge in [0.25, 0.3) is 0 Å². The van der Waals surface area contributed by atoms with Gasteiger partial charge in [0.15, 0.2) is 5.82 Å². The van der Waals surface area contributed by atoms with E-state index in [0.717, 1.165) is 22.6 Å². The standard InChI is InChI=1S/C29H26Cl2FN5O/c1-19-24(17-20-5-3-2-4-6-20)28(35-27(33-19)21-7-9-22(30)10-8-21)36-13-15-37(16-14-36)29(38)34-23-11-12-26(32)25(31)18-23/h2-12,18H,13-17H2,1H3,(H,34,38). The third-order valence-electron chi connectivity index (χ3n) is 6.56. The second kappa shape index (κ2) is 11.4. The highest BCUT2D eigenvalue weighted by atomic mass is 35.5. The second-order valence-electron chi connectivity index (χ2n) is 9.14. The van der Waals surface area contributed by atoms with Crippen molar-refractivity contribution in [2.24, 2.45) is 0 Å². The number of rotatable bonds is 5. The normalized spacial score (nSPS) is 13.5. The van der Waals surface area contributed by atoms with E-state index in [0.29, 0.717) is 49.1 Å². The van der Waals surface area contributed by atoms with Crippen LogP contribution in [0.4, 0.5) is 20.7 Å². The zero-order valence-corrected chi connectivity index (χ0v) is 22.3. The number of carbonyl (C=O) groups excluding carboxylic acids is 1. The number of anilines is 2. The van der Waals surface area contributed by atoms with E-state index in [9.17, 15) is 9.18 Å². The van der Waals surface area contributed by atoms with Crippen molar-refractivity contribution in [2.45, 2.75) is 13.3 Å². The van der Waals surface area contributed by atoms with Crippen LogP contribution in [0.5, 0.6) is 0 Å². The number of nitrogens with zero attached hydrogens (tertiary/aromatic N) is 4. The molecule has 194 valence electrons. The number of carbonyl (C=O) groups is 1. The zero-order chi connectivity index (χ0) is 26.6. The number of benzene rings is 3. The van der Waals surface area contributed by atoms with Crippen molar-refractivity contribution < 1.29 is 9.18 Å². The summed E-state index contributed by atoms with van der Waals surface area (Å²) in [5, 5.41) is 3.43. The molecule has 6 nitrogen and oxygen atoms in total. The maximum atomic E-state index is 13.5. The summed E-state index contributed by atoms with van der Waals surface area (Å²) >= 11 is 11.9. The molecule has 0 saturated carbocycles. The molecule has 0 unspecified atom stereocenters. The topological polar surface area (TPSA) is 61.4 Å². The van der Waals surface area contributed by atoms with E-state index in [1.54, 1.807) is 4.90 Å². The van der Waals surface area contributed by atoms with Crippen molar-refractivity contribution in [3.8, 4) is 11.4 Å². The molecule has 2 heterocycles. The highest BCUT2D eigenvalue weighted by molar-refractivity contribution is 6.31. The average molecular weight is 550 g/mol. The van der Waals surface area contributed by atoms with Crippen LogP contribution in [0, 0.1) is 12.7 Å². The summed E-state index contributed by atoms with van der Waals surface area (Å²) in [5.74, 6) is 0.985. The van der Waals surface area contributed by atoms with Crippen LogP contribution in [0.1, 0.15) is 16.8 Å². The molecule has 4 aromatic rings. The molecule has 3 aromatic carbocycles. The first kappa shape index (κ1) is 25.9. The first-order chi connectivity index (χ1) is 18.4. The smallest absolute Gasteiger partial charge is 0.321 e. The molecule has 9 heteroatoms. The van der Waals surface area contributed by atoms with E-state index in [4.69, 9.17) is 33.2 Å². The Hall–Kier alpha value is -3.68. The summed E-state index contributed by atoms with van der Waals surface area (Å²) < 4.78 is 13.5. The maximum absolute atomic E-state index is 13.5. The number of nitrogens with one attached hydrogen (secondary N) is 1. The molecule has 1 aromatic heterocycles. The molecule has 2 amide bonds. The summed E-state index contributed by atoms with van der Waals surface area (Å²) in [5.41, 5.74) is 4.49. The number of aromatic nitrogens is 2. The molecule has 0 bridgehead atoms. The number of hydrogen-bond acceptors (Lipinski definition) is 4. The van der Waals surface area contributed by atoms with Crippen LogP contribution in [0.2, 0.25) is 10.0 Å². The van der Waals surface area contributed by atoms with Gasteiger partial charge in [-0.15, -0.1) is 0 Å². The van der Waals surface area contributed by atoms with Gasteiger partial charge in [0.2, 0.25) is 0 Å². The fourth-order valence-electron chi connectivity index (χ4n) is 4.48. The quantitative estimate of drug-likeness (QED) is 0.296. The molecular weight excluding hydrogens is 524 g/mol. The highest BCUT2D eigenvalue weighted by Crippen LogP contribution is 2.29. The molecule has 5 rings (SSSR count). The lowest BCUT2D eigenvalue weighted by molar-refractivity contribution is 0.208. The number of amides is 2. The Bertz CT molecular complexity index is 1440. The Morgan fingerprint density at radius 2 is 1.66 bits per heavy atom. The second-order valence-corrected chi connectivity index (χ2v) is 9.98. The summed E-state index contributed by atoms with van der Waals surface area (Å²) in [6.45, 7) is 4.24. The van der Waals surface area contributed by atoms with E-state index >= 15 is 0 Å². The molecule has 0 aliphatic carbocycles. The van der Waals surface area contributed by atoms with Gasteiger partial charge in [-0.05, 0) is 55.0 Å². The van der Waals surface area contributed by atoms with Crippen LogP contribution in [-0.2, 0) is 6.42 Å². The first-order valence-electron chi connectivity index (χ1n) is 12.3. The lowest BCUT2D eigenvalue weighted by atomic mass is 10.0. The number of hydrogen-bond donors (Lipinski definition) is 1. The van der Waals surface area contributed by atoms with Crippen molar-refractivity contribution in [1.82, 2.24) is 14.9 Å². The van der Waals surface area contributed by atoms with Gasteiger partial charge in [-0.25, -0.2) is 19.2 Å². The predicted molar refractivity (Wildman–Crippen MR) is 151 cm³/mol. The third kappa shape index (κ3) is 5.90. The van der Waals surface area contributed by atoms with Crippen molar-refractivity contribution >= 4 is 40.7 Å². The summed E-state index contributed by atoms with van der Waals surface area (Å²) in [6, 6.07) is 21.6. The minimum Gasteiger partial charge on any atom is -0.353 e. The molecule has 1 aliphatic rings. The Labute approximate surface area is 231 Å². The van der Waals surface area contributed by atoms with Crippen molar-refractivity contribution in [3.05, 3.63) is 105 Å². The van der Waals surface area contributed by atoms with Gasteiger partial charge in [0.1, 0.15) is 11.6 Å². The molecule has 1 aliphatic heterocycles. The molecule has 38 heavy (non-hydrogen) atoms. The Kier molecular flexibility index (Phi) is 7.77. The molecule has 1 fully saturated rings. The molecular formula is C29H26Cl2FN5O. The zero-order valence-electron chi connectivity index (χ0n) is 20.8. The number of halogens is 3. The van der Waals surface area contributed by atoms with Gasteiger partial charge in [-0.1, -0.05) is 53.5 Å².